The van der Waals surface area contributed by atoms with Crippen molar-refractivity contribution in [2.24, 2.45) is 0 Å². The summed E-state index contributed by atoms with van der Waals surface area (Å²) >= 11 is 0. The summed E-state index contributed by atoms with van der Waals surface area (Å²) in [5.74, 6) is 0.157. The van der Waals surface area contributed by atoms with E-state index >= 15 is 0 Å². The number of carbonyl (C=O) groups excluding carboxylic acids is 1. The highest BCUT2D eigenvalue weighted by Gasteiger charge is 2.32. The van der Waals surface area contributed by atoms with Gasteiger partial charge in [-0.15, -0.1) is 0 Å². The van der Waals surface area contributed by atoms with Gasteiger partial charge in [-0.1, -0.05) is 36.4 Å². The van der Waals surface area contributed by atoms with Crippen molar-refractivity contribution in [1.82, 2.24) is 4.72 Å². The van der Waals surface area contributed by atoms with Gasteiger partial charge in [0, 0.05) is 5.56 Å². The van der Waals surface area contributed by atoms with E-state index in [1.54, 1.807) is 36.4 Å². The molecule has 0 aromatic heterocycles. The molecule has 23 heavy (non-hydrogen) atoms. The summed E-state index contributed by atoms with van der Waals surface area (Å²) in [6, 6.07) is 13.1. The number of aryl methyl sites for hydroxylation is 1. The number of hydrogen-bond donors (Lipinski definition) is 1. The highest BCUT2D eigenvalue weighted by atomic mass is 32.2. The van der Waals surface area contributed by atoms with Crippen molar-refractivity contribution in [1.29, 1.82) is 0 Å². The number of carbonyl (C=O) groups is 1. The van der Waals surface area contributed by atoms with Crippen LogP contribution in [0.4, 0.5) is 0 Å². The molecule has 1 aliphatic heterocycles. The molecular weight excluding hydrogens is 318 g/mol. The van der Waals surface area contributed by atoms with Gasteiger partial charge in [0.1, 0.15) is 11.5 Å². The van der Waals surface area contributed by atoms with Crippen molar-refractivity contribution < 1.29 is 22.1 Å². The van der Waals surface area contributed by atoms with Crippen LogP contribution in [0.2, 0.25) is 0 Å². The average molecular weight is 333 g/mol. The SMILES string of the molecule is Cc1ccccc1OC(=O)C[C@H]1NS(=O)(=O)Oc2ccccc21. The normalized spacial score (nSPS) is 18.6. The van der Waals surface area contributed by atoms with E-state index in [2.05, 4.69) is 4.72 Å². The molecule has 0 fully saturated rings. The summed E-state index contributed by atoms with van der Waals surface area (Å²) in [5.41, 5.74) is 1.43. The van der Waals surface area contributed by atoms with E-state index in [1.165, 1.54) is 0 Å². The van der Waals surface area contributed by atoms with Gasteiger partial charge in [-0.25, -0.2) is 0 Å². The minimum Gasteiger partial charge on any atom is -0.426 e. The van der Waals surface area contributed by atoms with Crippen LogP contribution in [-0.2, 0) is 15.1 Å². The molecule has 0 radical (unpaired) electrons. The Morgan fingerprint density at radius 3 is 2.65 bits per heavy atom. The first-order valence-corrected chi connectivity index (χ1v) is 8.42. The fourth-order valence-electron chi connectivity index (χ4n) is 2.38. The van der Waals surface area contributed by atoms with E-state index in [9.17, 15) is 13.2 Å². The van der Waals surface area contributed by atoms with Crippen LogP contribution in [0.5, 0.6) is 11.5 Å². The first-order chi connectivity index (χ1) is 10.9. The fourth-order valence-corrected chi connectivity index (χ4v) is 3.37. The zero-order chi connectivity index (χ0) is 16.4. The minimum atomic E-state index is -3.93. The van der Waals surface area contributed by atoms with Crippen LogP contribution in [-0.4, -0.2) is 14.4 Å². The maximum atomic E-state index is 12.2. The fraction of sp³-hybridized carbons (Fsp3) is 0.188. The molecule has 1 heterocycles. The lowest BCUT2D eigenvalue weighted by Crippen LogP contribution is -2.38. The Morgan fingerprint density at radius 2 is 1.87 bits per heavy atom. The molecule has 2 aromatic rings. The van der Waals surface area contributed by atoms with Crippen LogP contribution in [0.25, 0.3) is 0 Å². The third-order valence-electron chi connectivity index (χ3n) is 3.47. The Hall–Kier alpha value is -2.38. The lowest BCUT2D eigenvalue weighted by Gasteiger charge is -2.25. The number of ether oxygens (including phenoxy) is 1. The molecule has 0 amide bonds. The third-order valence-corrected chi connectivity index (χ3v) is 4.44. The standard InChI is InChI=1S/C16H15NO5S/c1-11-6-2-4-8-14(11)21-16(18)10-13-12-7-3-5-9-15(12)22-23(19,20)17-13/h2-9,13,17H,10H2,1H3/t13-/m1/s1. The van der Waals surface area contributed by atoms with E-state index in [1.807, 2.05) is 19.1 Å². The van der Waals surface area contributed by atoms with Crippen LogP contribution in [0, 0.1) is 6.92 Å². The molecule has 0 saturated heterocycles. The van der Waals surface area contributed by atoms with Gasteiger partial charge >= 0.3 is 16.3 Å². The predicted octanol–water partition coefficient (Wildman–Crippen LogP) is 2.26. The minimum absolute atomic E-state index is 0.131. The van der Waals surface area contributed by atoms with Crippen LogP contribution in [0.3, 0.4) is 0 Å². The van der Waals surface area contributed by atoms with E-state index in [4.69, 9.17) is 8.92 Å². The topological polar surface area (TPSA) is 81.7 Å². The van der Waals surface area contributed by atoms with Gasteiger partial charge in [-0.05, 0) is 24.6 Å². The van der Waals surface area contributed by atoms with Gasteiger partial charge < -0.3 is 8.92 Å². The van der Waals surface area contributed by atoms with Gasteiger partial charge in [-0.2, -0.15) is 13.1 Å². The molecule has 1 N–H and O–H groups in total. The van der Waals surface area contributed by atoms with Crippen molar-refractivity contribution in [3.63, 3.8) is 0 Å². The number of benzene rings is 2. The van der Waals surface area contributed by atoms with Crippen LogP contribution < -0.4 is 13.6 Å². The lowest BCUT2D eigenvalue weighted by molar-refractivity contribution is -0.134. The first kappa shape index (κ1) is 15.5. The summed E-state index contributed by atoms with van der Waals surface area (Å²) < 4.78 is 36.0. The molecule has 0 unspecified atom stereocenters. The summed E-state index contributed by atoms with van der Waals surface area (Å²) in [6.45, 7) is 1.83. The molecule has 3 rings (SSSR count). The second-order valence-corrected chi connectivity index (χ2v) is 6.50. The highest BCUT2D eigenvalue weighted by Crippen LogP contribution is 2.33. The largest absolute Gasteiger partial charge is 0.426 e. The Bertz CT molecular complexity index is 847. The smallest absolute Gasteiger partial charge is 0.383 e. The maximum absolute atomic E-state index is 12.2. The van der Waals surface area contributed by atoms with Gasteiger partial charge in [0.15, 0.2) is 0 Å². The van der Waals surface area contributed by atoms with Gasteiger partial charge in [-0.3, -0.25) is 4.79 Å². The first-order valence-electron chi connectivity index (χ1n) is 7.01. The second-order valence-electron chi connectivity index (χ2n) is 5.19. The zero-order valence-corrected chi connectivity index (χ0v) is 13.2. The molecular formula is C16H15NO5S. The Labute approximate surface area is 134 Å². The molecule has 0 saturated carbocycles. The number of hydrogen-bond acceptors (Lipinski definition) is 5. The number of fused-ring (bicyclic) bond motifs is 1. The third kappa shape index (κ3) is 3.52. The quantitative estimate of drug-likeness (QED) is 0.688. The Kier molecular flexibility index (Phi) is 4.06. The Morgan fingerprint density at radius 1 is 1.17 bits per heavy atom. The van der Waals surface area contributed by atoms with Crippen molar-refractivity contribution in [3.8, 4) is 11.5 Å². The highest BCUT2D eigenvalue weighted by molar-refractivity contribution is 7.85. The summed E-state index contributed by atoms with van der Waals surface area (Å²) in [5, 5.41) is 0. The maximum Gasteiger partial charge on any atom is 0.383 e. The van der Waals surface area contributed by atoms with Gasteiger partial charge in [0.2, 0.25) is 0 Å². The number of esters is 1. The van der Waals surface area contributed by atoms with E-state index in [0.29, 0.717) is 11.3 Å². The van der Waals surface area contributed by atoms with Crippen LogP contribution >= 0.6 is 0 Å². The molecule has 7 heteroatoms. The Balaban J connectivity index is 1.80. The summed E-state index contributed by atoms with van der Waals surface area (Å²) in [7, 11) is -3.93. The van der Waals surface area contributed by atoms with Crippen molar-refractivity contribution in [3.05, 3.63) is 59.7 Å². The molecule has 6 nitrogen and oxygen atoms in total. The molecule has 1 aliphatic rings. The van der Waals surface area contributed by atoms with Gasteiger partial charge in [0.25, 0.3) is 0 Å². The van der Waals surface area contributed by atoms with Crippen molar-refractivity contribution in [2.75, 3.05) is 0 Å². The van der Waals surface area contributed by atoms with E-state index in [0.717, 1.165) is 5.56 Å². The summed E-state index contributed by atoms with van der Waals surface area (Å²) in [4.78, 5) is 12.2. The van der Waals surface area contributed by atoms with Crippen molar-refractivity contribution in [2.45, 2.75) is 19.4 Å². The number of rotatable bonds is 3. The van der Waals surface area contributed by atoms with Crippen LogP contribution in [0.15, 0.2) is 48.5 Å². The van der Waals surface area contributed by atoms with Crippen molar-refractivity contribution >= 4 is 16.3 Å². The summed E-state index contributed by atoms with van der Waals surface area (Å²) in [6.07, 6.45) is -0.131. The number of para-hydroxylation sites is 2. The molecule has 1 atom stereocenters. The monoisotopic (exact) mass is 333 g/mol. The number of nitrogens with one attached hydrogen (secondary N) is 1. The predicted molar refractivity (Wildman–Crippen MR) is 83.3 cm³/mol. The zero-order valence-electron chi connectivity index (χ0n) is 12.4. The van der Waals surface area contributed by atoms with Gasteiger partial charge in [0.05, 0.1) is 12.5 Å². The van der Waals surface area contributed by atoms with Crippen LogP contribution in [0.1, 0.15) is 23.6 Å². The van der Waals surface area contributed by atoms with E-state index < -0.39 is 22.3 Å². The van der Waals surface area contributed by atoms with E-state index in [-0.39, 0.29) is 12.2 Å². The second kappa shape index (κ2) is 6.02. The average Bonchev–Trinajstić information content (AvgIpc) is 2.48. The lowest BCUT2D eigenvalue weighted by atomic mass is 10.0. The molecule has 0 bridgehead atoms. The molecule has 120 valence electrons. The molecule has 2 aromatic carbocycles. The molecule has 0 spiro atoms. The molecule has 0 aliphatic carbocycles.